The van der Waals surface area contributed by atoms with Crippen molar-refractivity contribution in [3.05, 3.63) is 94.5 Å². The van der Waals surface area contributed by atoms with Gasteiger partial charge < -0.3 is 13.9 Å². The molecule has 0 aromatic heterocycles. The van der Waals surface area contributed by atoms with Crippen molar-refractivity contribution in [1.82, 2.24) is 0 Å². The minimum Gasteiger partial charge on any atom is -0.543 e. The van der Waals surface area contributed by atoms with Crippen LogP contribution in [-0.4, -0.2) is 21.7 Å². The summed E-state index contributed by atoms with van der Waals surface area (Å²) in [5.41, 5.74) is 8.18. The number of rotatable bonds is 13. The van der Waals surface area contributed by atoms with E-state index in [9.17, 15) is 0 Å². The van der Waals surface area contributed by atoms with Crippen LogP contribution in [0.5, 0.6) is 11.5 Å². The Morgan fingerprint density at radius 2 is 1.24 bits per heavy atom. The molecule has 200 valence electrons. The summed E-state index contributed by atoms with van der Waals surface area (Å²) in [7, 11) is -1.97. The first-order valence-corrected chi connectivity index (χ1v) is 15.9. The second kappa shape index (κ2) is 13.3. The van der Waals surface area contributed by atoms with Crippen molar-refractivity contribution >= 4 is 8.32 Å². The lowest BCUT2D eigenvalue weighted by Crippen LogP contribution is -2.50. The SMILES string of the molecule is Cc1cc(O[Si](C(C)C)(C(C)C)C(C)C)cc(C)c1Cc1ccc(OCOCCc2ccccc2)cc1. The molecule has 3 nitrogen and oxygen atoms in total. The Bertz CT molecular complexity index is 1060. The molecule has 0 N–H and O–H groups in total. The van der Waals surface area contributed by atoms with Gasteiger partial charge in [0, 0.05) is 0 Å². The summed E-state index contributed by atoms with van der Waals surface area (Å²) in [4.78, 5) is 0. The molecule has 0 aliphatic heterocycles. The molecule has 0 spiro atoms. The molecule has 0 radical (unpaired) electrons. The zero-order valence-corrected chi connectivity index (χ0v) is 25.1. The summed E-state index contributed by atoms with van der Waals surface area (Å²) in [5, 5.41) is 0. The van der Waals surface area contributed by atoms with Gasteiger partial charge in [0.1, 0.15) is 11.5 Å². The second-order valence-corrected chi connectivity index (χ2v) is 16.6. The van der Waals surface area contributed by atoms with Gasteiger partial charge in [-0.2, -0.15) is 0 Å². The first kappa shape index (κ1) is 29.0. The molecule has 0 aliphatic carbocycles. The lowest BCUT2D eigenvalue weighted by atomic mass is 9.96. The first-order valence-electron chi connectivity index (χ1n) is 13.8. The highest BCUT2D eigenvalue weighted by Gasteiger charge is 2.47. The predicted octanol–water partition coefficient (Wildman–Crippen LogP) is 9.04. The van der Waals surface area contributed by atoms with Crippen LogP contribution < -0.4 is 9.16 Å². The first-order chi connectivity index (χ1) is 17.6. The average molecular weight is 519 g/mol. The van der Waals surface area contributed by atoms with Crippen molar-refractivity contribution in [1.29, 1.82) is 0 Å². The van der Waals surface area contributed by atoms with Crippen LogP contribution in [0.4, 0.5) is 0 Å². The minimum absolute atomic E-state index is 0.264. The maximum atomic E-state index is 6.96. The largest absolute Gasteiger partial charge is 0.543 e. The Morgan fingerprint density at radius 1 is 0.676 bits per heavy atom. The maximum Gasteiger partial charge on any atom is 0.258 e. The minimum atomic E-state index is -1.97. The molecule has 4 heteroatoms. The summed E-state index contributed by atoms with van der Waals surface area (Å²) >= 11 is 0. The third-order valence-corrected chi connectivity index (χ3v) is 13.7. The topological polar surface area (TPSA) is 27.7 Å². The fourth-order valence-electron chi connectivity index (χ4n) is 5.76. The zero-order chi connectivity index (χ0) is 27.0. The zero-order valence-electron chi connectivity index (χ0n) is 24.1. The van der Waals surface area contributed by atoms with Crippen LogP contribution in [0.1, 0.15) is 69.4 Å². The van der Waals surface area contributed by atoms with Gasteiger partial charge in [0.2, 0.25) is 0 Å². The summed E-state index contributed by atoms with van der Waals surface area (Å²) in [6.45, 7) is 19.4. The van der Waals surface area contributed by atoms with Crippen molar-refractivity contribution in [2.24, 2.45) is 0 Å². The number of hydrogen-bond donors (Lipinski definition) is 0. The fourth-order valence-corrected chi connectivity index (χ4v) is 11.0. The standard InChI is InChI=1S/C33H46O3Si/c1-24(2)37(25(3)4,26(5)6)36-32-20-27(7)33(28(8)21-32)22-30-14-16-31(17-15-30)35-23-34-19-18-29-12-10-9-11-13-29/h9-17,20-21,24-26H,18-19,22-23H2,1-8H3. The lowest BCUT2D eigenvalue weighted by Gasteiger charge is -2.42. The van der Waals surface area contributed by atoms with Crippen molar-refractivity contribution < 1.29 is 13.9 Å². The van der Waals surface area contributed by atoms with Crippen molar-refractivity contribution in [2.45, 2.75) is 84.9 Å². The van der Waals surface area contributed by atoms with Crippen LogP contribution in [0, 0.1) is 13.8 Å². The van der Waals surface area contributed by atoms with Gasteiger partial charge in [0.05, 0.1) is 6.61 Å². The second-order valence-electron chi connectivity index (χ2n) is 11.2. The van der Waals surface area contributed by atoms with Crippen molar-refractivity contribution in [2.75, 3.05) is 13.4 Å². The van der Waals surface area contributed by atoms with Crippen LogP contribution in [0.25, 0.3) is 0 Å². The van der Waals surface area contributed by atoms with Gasteiger partial charge in [-0.25, -0.2) is 0 Å². The van der Waals surface area contributed by atoms with E-state index < -0.39 is 8.32 Å². The summed E-state index contributed by atoms with van der Waals surface area (Å²) < 4.78 is 18.4. The highest BCUT2D eigenvalue weighted by atomic mass is 28.4. The van der Waals surface area contributed by atoms with E-state index in [1.165, 1.54) is 27.8 Å². The Kier molecular flexibility index (Phi) is 10.4. The molecule has 3 aromatic rings. The van der Waals surface area contributed by atoms with E-state index >= 15 is 0 Å². The lowest BCUT2D eigenvalue weighted by molar-refractivity contribution is 0.0169. The Hall–Kier alpha value is -2.56. The monoisotopic (exact) mass is 518 g/mol. The van der Waals surface area contributed by atoms with Crippen LogP contribution in [0.2, 0.25) is 16.6 Å². The Labute approximate surface area is 226 Å². The van der Waals surface area contributed by atoms with Gasteiger partial charge in [-0.3, -0.25) is 0 Å². The van der Waals surface area contributed by atoms with E-state index in [4.69, 9.17) is 13.9 Å². The van der Waals surface area contributed by atoms with Crippen LogP contribution in [-0.2, 0) is 17.6 Å². The summed E-state index contributed by atoms with van der Waals surface area (Å²) in [5.74, 6) is 1.87. The van der Waals surface area contributed by atoms with Gasteiger partial charge in [0.15, 0.2) is 6.79 Å². The van der Waals surface area contributed by atoms with E-state index in [0.29, 0.717) is 23.2 Å². The third-order valence-electron chi connectivity index (χ3n) is 7.66. The Balaban J connectivity index is 1.59. The van der Waals surface area contributed by atoms with Crippen molar-refractivity contribution in [3.63, 3.8) is 0 Å². The van der Waals surface area contributed by atoms with E-state index in [2.05, 4.69) is 104 Å². The average Bonchev–Trinajstić information content (AvgIpc) is 2.85. The highest BCUT2D eigenvalue weighted by Crippen LogP contribution is 2.43. The van der Waals surface area contributed by atoms with E-state index in [1.807, 2.05) is 18.2 Å². The molecule has 0 saturated heterocycles. The maximum absolute atomic E-state index is 6.96. The van der Waals surface area contributed by atoms with Crippen molar-refractivity contribution in [3.8, 4) is 11.5 Å². The number of ether oxygens (including phenoxy) is 2. The van der Waals surface area contributed by atoms with Gasteiger partial charge in [-0.15, -0.1) is 0 Å². The molecule has 0 aliphatic rings. The molecule has 0 fully saturated rings. The van der Waals surface area contributed by atoms with Gasteiger partial charge >= 0.3 is 0 Å². The molecule has 0 unspecified atom stereocenters. The molecule has 0 saturated carbocycles. The highest BCUT2D eigenvalue weighted by molar-refractivity contribution is 6.78. The van der Waals surface area contributed by atoms with E-state index in [0.717, 1.165) is 24.3 Å². The number of benzene rings is 3. The number of hydrogen-bond acceptors (Lipinski definition) is 3. The molecule has 3 aromatic carbocycles. The Morgan fingerprint density at radius 3 is 1.78 bits per heavy atom. The summed E-state index contributed by atoms with van der Waals surface area (Å²) in [6, 6.07) is 23.2. The normalized spacial score (nSPS) is 12.0. The quantitative estimate of drug-likeness (QED) is 0.128. The number of aryl methyl sites for hydroxylation is 2. The smallest absolute Gasteiger partial charge is 0.258 e. The molecular formula is C33H46O3Si. The van der Waals surface area contributed by atoms with Crippen LogP contribution >= 0.6 is 0 Å². The predicted molar refractivity (Wildman–Crippen MR) is 158 cm³/mol. The molecule has 0 heterocycles. The van der Waals surface area contributed by atoms with Crippen LogP contribution in [0.15, 0.2) is 66.7 Å². The van der Waals surface area contributed by atoms with Gasteiger partial charge in [0.25, 0.3) is 8.32 Å². The van der Waals surface area contributed by atoms with Crippen LogP contribution in [0.3, 0.4) is 0 Å². The molecule has 0 bridgehead atoms. The molecule has 3 rings (SSSR count). The van der Waals surface area contributed by atoms with Gasteiger partial charge in [-0.1, -0.05) is 84.0 Å². The fraction of sp³-hybridized carbons (Fsp3) is 0.455. The molecular weight excluding hydrogens is 472 g/mol. The third kappa shape index (κ3) is 7.49. The van der Waals surface area contributed by atoms with Gasteiger partial charge in [-0.05, 0) is 95.4 Å². The molecule has 0 amide bonds. The molecule has 37 heavy (non-hydrogen) atoms. The van der Waals surface area contributed by atoms with E-state index in [-0.39, 0.29) is 6.79 Å². The molecule has 0 atom stereocenters. The van der Waals surface area contributed by atoms with E-state index in [1.54, 1.807) is 0 Å². The summed E-state index contributed by atoms with van der Waals surface area (Å²) in [6.07, 6.45) is 1.79.